The zero-order valence-electron chi connectivity index (χ0n) is 9.43. The largest absolute Gasteiger partial charge is 0.268 e. The summed E-state index contributed by atoms with van der Waals surface area (Å²) >= 11 is 6.56. The molecule has 0 fully saturated rings. The number of aromatic nitrogens is 1. The van der Waals surface area contributed by atoms with E-state index < -0.39 is 0 Å². The van der Waals surface area contributed by atoms with Gasteiger partial charge in [0, 0.05) is 15.1 Å². The van der Waals surface area contributed by atoms with Gasteiger partial charge >= 0.3 is 0 Å². The van der Waals surface area contributed by atoms with Crippen molar-refractivity contribution in [2.75, 3.05) is 4.90 Å². The maximum Gasteiger partial charge on any atom is 0.267 e. The number of benzene rings is 1. The van der Waals surface area contributed by atoms with Gasteiger partial charge in [-0.1, -0.05) is 15.9 Å². The van der Waals surface area contributed by atoms with Crippen LogP contribution in [0, 0.1) is 0 Å². The van der Waals surface area contributed by atoms with E-state index in [4.69, 9.17) is 0 Å². The first-order valence-corrected chi connectivity index (χ1v) is 6.96. The maximum absolute atomic E-state index is 12.3. The molecule has 94 valence electrons. The van der Waals surface area contributed by atoms with Gasteiger partial charge in [0.25, 0.3) is 11.8 Å². The van der Waals surface area contributed by atoms with Gasteiger partial charge in [-0.2, -0.15) is 0 Å². The Hall–Kier alpha value is -1.53. The molecule has 1 aliphatic rings. The minimum atomic E-state index is -0.351. The van der Waals surface area contributed by atoms with Crippen molar-refractivity contribution < 1.29 is 9.59 Å². The van der Waals surface area contributed by atoms with Crippen LogP contribution in [0.25, 0.3) is 0 Å². The van der Waals surface area contributed by atoms with E-state index in [9.17, 15) is 9.59 Å². The summed E-state index contributed by atoms with van der Waals surface area (Å²) in [5.41, 5.74) is 0.794. The van der Waals surface area contributed by atoms with Gasteiger partial charge < -0.3 is 0 Å². The molecule has 2 aromatic rings. The lowest BCUT2D eigenvalue weighted by Crippen LogP contribution is -2.30. The number of amides is 2. The first-order chi connectivity index (χ1) is 9.08. The molecule has 0 saturated heterocycles. The molecule has 1 aliphatic heterocycles. The van der Waals surface area contributed by atoms with Crippen LogP contribution in [0.5, 0.6) is 0 Å². The standard InChI is InChI=1S/C13H6Br2N2O2/c14-7-1-3-9-10(5-7)13(19)17(12(9)18)11-4-2-8(15)6-16-11/h1-6H. The number of carbonyl (C=O) groups excluding carboxylic acids is 2. The molecule has 0 radical (unpaired) electrons. The molecule has 2 amide bonds. The number of rotatable bonds is 1. The summed E-state index contributed by atoms with van der Waals surface area (Å²) in [4.78, 5) is 29.7. The third kappa shape index (κ3) is 2.01. The Morgan fingerprint density at radius 3 is 2.26 bits per heavy atom. The van der Waals surface area contributed by atoms with Crippen LogP contribution in [-0.4, -0.2) is 16.8 Å². The highest BCUT2D eigenvalue weighted by molar-refractivity contribution is 9.10. The number of imide groups is 1. The van der Waals surface area contributed by atoms with Gasteiger partial charge in [0.2, 0.25) is 0 Å². The van der Waals surface area contributed by atoms with Crippen molar-refractivity contribution in [1.82, 2.24) is 4.98 Å². The van der Waals surface area contributed by atoms with Crippen molar-refractivity contribution in [2.24, 2.45) is 0 Å². The normalized spacial score (nSPS) is 13.9. The van der Waals surface area contributed by atoms with Gasteiger partial charge in [0.05, 0.1) is 11.1 Å². The molecule has 3 rings (SSSR count). The SMILES string of the molecule is O=C1c2ccc(Br)cc2C(=O)N1c1ccc(Br)cn1. The lowest BCUT2D eigenvalue weighted by atomic mass is 10.1. The monoisotopic (exact) mass is 380 g/mol. The Morgan fingerprint density at radius 1 is 0.895 bits per heavy atom. The number of hydrogen-bond donors (Lipinski definition) is 0. The van der Waals surface area contributed by atoms with Crippen molar-refractivity contribution in [3.63, 3.8) is 0 Å². The molecule has 0 saturated carbocycles. The van der Waals surface area contributed by atoms with Crippen molar-refractivity contribution in [1.29, 1.82) is 0 Å². The summed E-state index contributed by atoms with van der Waals surface area (Å²) in [7, 11) is 0. The smallest absolute Gasteiger partial charge is 0.267 e. The number of anilines is 1. The van der Waals surface area contributed by atoms with Crippen LogP contribution in [0.3, 0.4) is 0 Å². The van der Waals surface area contributed by atoms with Crippen LogP contribution < -0.4 is 4.90 Å². The van der Waals surface area contributed by atoms with E-state index in [0.29, 0.717) is 16.9 Å². The predicted octanol–water partition coefficient (Wildman–Crippen LogP) is 3.41. The Bertz CT molecular complexity index is 698. The highest BCUT2D eigenvalue weighted by atomic mass is 79.9. The molecule has 0 N–H and O–H groups in total. The molecule has 1 aromatic heterocycles. The third-order valence-corrected chi connectivity index (χ3v) is 3.75. The van der Waals surface area contributed by atoms with E-state index >= 15 is 0 Å². The number of nitrogens with zero attached hydrogens (tertiary/aromatic N) is 2. The molecule has 0 bridgehead atoms. The molecule has 0 spiro atoms. The second kappa shape index (κ2) is 4.54. The van der Waals surface area contributed by atoms with Gasteiger partial charge in [-0.25, -0.2) is 9.88 Å². The first-order valence-electron chi connectivity index (χ1n) is 5.38. The fourth-order valence-corrected chi connectivity index (χ4v) is 2.52. The summed E-state index contributed by atoms with van der Waals surface area (Å²) in [5.74, 6) is -0.371. The van der Waals surface area contributed by atoms with E-state index in [2.05, 4.69) is 36.8 Å². The third-order valence-electron chi connectivity index (χ3n) is 2.79. The Balaban J connectivity index is 2.10. The highest BCUT2D eigenvalue weighted by Gasteiger charge is 2.37. The number of hydrogen-bond acceptors (Lipinski definition) is 3. The quantitative estimate of drug-likeness (QED) is 0.711. The summed E-state index contributed by atoms with van der Waals surface area (Å²) < 4.78 is 1.55. The van der Waals surface area contributed by atoms with Gasteiger partial charge in [-0.15, -0.1) is 0 Å². The number of carbonyl (C=O) groups is 2. The summed E-state index contributed by atoms with van der Waals surface area (Å²) in [6.45, 7) is 0. The van der Waals surface area contributed by atoms with Crippen LogP contribution >= 0.6 is 31.9 Å². The Labute approximate surface area is 125 Å². The first kappa shape index (κ1) is 12.5. The van der Waals surface area contributed by atoms with Crippen LogP contribution in [0.2, 0.25) is 0 Å². The second-order valence-electron chi connectivity index (χ2n) is 3.97. The molecule has 0 atom stereocenters. The van der Waals surface area contributed by atoms with Gasteiger partial charge in [0.15, 0.2) is 0 Å². The van der Waals surface area contributed by atoms with E-state index in [0.717, 1.165) is 13.8 Å². The zero-order valence-corrected chi connectivity index (χ0v) is 12.6. The molecule has 6 heteroatoms. The van der Waals surface area contributed by atoms with Gasteiger partial charge in [-0.05, 0) is 46.3 Å². The van der Waals surface area contributed by atoms with Crippen molar-refractivity contribution in [2.45, 2.75) is 0 Å². The lowest BCUT2D eigenvalue weighted by Gasteiger charge is -2.12. The van der Waals surface area contributed by atoms with Crippen LogP contribution in [0.1, 0.15) is 20.7 Å². The molecule has 19 heavy (non-hydrogen) atoms. The molecule has 4 nitrogen and oxygen atoms in total. The molecule has 0 unspecified atom stereocenters. The minimum Gasteiger partial charge on any atom is -0.268 e. The van der Waals surface area contributed by atoms with Crippen molar-refractivity contribution in [3.8, 4) is 0 Å². The fourth-order valence-electron chi connectivity index (χ4n) is 1.92. The van der Waals surface area contributed by atoms with Crippen LogP contribution in [0.15, 0.2) is 45.5 Å². The van der Waals surface area contributed by atoms with Crippen LogP contribution in [-0.2, 0) is 0 Å². The van der Waals surface area contributed by atoms with Crippen molar-refractivity contribution in [3.05, 3.63) is 56.6 Å². The lowest BCUT2D eigenvalue weighted by molar-refractivity contribution is 0.0925. The molecule has 0 aliphatic carbocycles. The minimum absolute atomic E-state index is 0.325. The van der Waals surface area contributed by atoms with E-state index in [1.54, 1.807) is 36.5 Å². The summed E-state index contributed by atoms with van der Waals surface area (Å²) in [6.07, 6.45) is 1.55. The predicted molar refractivity (Wildman–Crippen MR) is 77.2 cm³/mol. The average molecular weight is 382 g/mol. The zero-order chi connectivity index (χ0) is 13.6. The fraction of sp³-hybridized carbons (Fsp3) is 0. The Kier molecular flexibility index (Phi) is 2.99. The van der Waals surface area contributed by atoms with Gasteiger partial charge in [-0.3, -0.25) is 9.59 Å². The van der Waals surface area contributed by atoms with Gasteiger partial charge in [0.1, 0.15) is 5.82 Å². The number of fused-ring (bicyclic) bond motifs is 1. The number of halogens is 2. The number of pyridine rings is 1. The second-order valence-corrected chi connectivity index (χ2v) is 5.80. The summed E-state index contributed by atoms with van der Waals surface area (Å²) in [5, 5.41) is 0. The molecule has 2 heterocycles. The van der Waals surface area contributed by atoms with Crippen LogP contribution in [0.4, 0.5) is 5.82 Å². The highest BCUT2D eigenvalue weighted by Crippen LogP contribution is 2.29. The Morgan fingerprint density at radius 2 is 1.58 bits per heavy atom. The molecular weight excluding hydrogens is 376 g/mol. The maximum atomic E-state index is 12.3. The van der Waals surface area contributed by atoms with E-state index in [1.165, 1.54) is 0 Å². The summed E-state index contributed by atoms with van der Waals surface area (Å²) in [6, 6.07) is 8.39. The topological polar surface area (TPSA) is 50.3 Å². The average Bonchev–Trinajstić information content (AvgIpc) is 2.63. The van der Waals surface area contributed by atoms with E-state index in [-0.39, 0.29) is 11.8 Å². The van der Waals surface area contributed by atoms with Crippen molar-refractivity contribution >= 4 is 49.5 Å². The molecule has 1 aromatic carbocycles. The van der Waals surface area contributed by atoms with E-state index in [1.807, 2.05) is 0 Å². The molecular formula is C13H6Br2N2O2.